The van der Waals surface area contributed by atoms with Crippen LogP contribution in [0.25, 0.3) is 5.69 Å². The number of rotatable bonds is 5. The fourth-order valence-corrected chi connectivity index (χ4v) is 3.10. The molecule has 1 heterocycles. The second-order valence-electron chi connectivity index (χ2n) is 6.69. The van der Waals surface area contributed by atoms with Gasteiger partial charge < -0.3 is 5.32 Å². The van der Waals surface area contributed by atoms with Crippen LogP contribution in [0.15, 0.2) is 24.4 Å². The lowest BCUT2D eigenvalue weighted by Crippen LogP contribution is -2.16. The maximum absolute atomic E-state index is 4.71. The lowest BCUT2D eigenvalue weighted by Gasteiger charge is -2.12. The Kier molecular flexibility index (Phi) is 3.11. The Morgan fingerprint density at radius 2 is 2.00 bits per heavy atom. The van der Waals surface area contributed by atoms with Gasteiger partial charge in [-0.2, -0.15) is 5.10 Å². The van der Waals surface area contributed by atoms with Crippen LogP contribution in [-0.2, 0) is 6.54 Å². The molecule has 3 nitrogen and oxygen atoms in total. The quantitative estimate of drug-likeness (QED) is 0.907. The fourth-order valence-electron chi connectivity index (χ4n) is 3.10. The summed E-state index contributed by atoms with van der Waals surface area (Å²) >= 11 is 0. The first-order chi connectivity index (χ1) is 10.2. The van der Waals surface area contributed by atoms with Crippen molar-refractivity contribution in [2.24, 2.45) is 0 Å². The Hall–Kier alpha value is -1.61. The molecular weight excluding hydrogens is 258 g/mol. The molecule has 2 aliphatic carbocycles. The second kappa shape index (κ2) is 4.99. The molecule has 0 bridgehead atoms. The number of hydrogen-bond donors (Lipinski definition) is 1. The predicted octanol–water partition coefficient (Wildman–Crippen LogP) is 3.62. The first kappa shape index (κ1) is 13.1. The molecule has 2 fully saturated rings. The molecule has 0 spiro atoms. The monoisotopic (exact) mass is 281 g/mol. The van der Waals surface area contributed by atoms with Crippen molar-refractivity contribution in [1.29, 1.82) is 0 Å². The van der Waals surface area contributed by atoms with Gasteiger partial charge in [0.05, 0.1) is 17.6 Å². The summed E-state index contributed by atoms with van der Waals surface area (Å²) in [6, 6.07) is 7.39. The van der Waals surface area contributed by atoms with Crippen molar-refractivity contribution in [2.45, 2.75) is 58.0 Å². The van der Waals surface area contributed by atoms with E-state index >= 15 is 0 Å². The van der Waals surface area contributed by atoms with E-state index < -0.39 is 0 Å². The number of nitrogens with zero attached hydrogens (tertiary/aromatic N) is 2. The third-order valence-corrected chi connectivity index (χ3v) is 4.59. The van der Waals surface area contributed by atoms with E-state index in [1.54, 1.807) is 0 Å². The van der Waals surface area contributed by atoms with E-state index in [2.05, 4.69) is 48.2 Å². The lowest BCUT2D eigenvalue weighted by molar-refractivity contribution is 0.679. The van der Waals surface area contributed by atoms with Crippen LogP contribution in [0.2, 0.25) is 0 Å². The molecule has 4 rings (SSSR count). The Morgan fingerprint density at radius 1 is 1.19 bits per heavy atom. The third kappa shape index (κ3) is 2.62. The standard InChI is InChI=1S/C18H23N3/c1-12-3-8-17(13(2)9-12)21-18(14-4-5-14)15(11-20-21)10-19-16-6-7-16/h3,8-9,11,14,16,19H,4-7,10H2,1-2H3. The maximum Gasteiger partial charge on any atom is 0.0678 e. The summed E-state index contributed by atoms with van der Waals surface area (Å²) in [5.41, 5.74) is 6.69. The van der Waals surface area contributed by atoms with Gasteiger partial charge in [0.25, 0.3) is 0 Å². The molecule has 0 amide bonds. The summed E-state index contributed by atoms with van der Waals surface area (Å²) < 4.78 is 2.19. The number of hydrogen-bond acceptors (Lipinski definition) is 2. The van der Waals surface area contributed by atoms with Gasteiger partial charge in [0, 0.05) is 24.1 Å². The van der Waals surface area contributed by atoms with Crippen LogP contribution in [0.5, 0.6) is 0 Å². The predicted molar refractivity (Wildman–Crippen MR) is 84.9 cm³/mol. The summed E-state index contributed by atoms with van der Waals surface area (Å²) in [5, 5.41) is 8.34. The zero-order chi connectivity index (χ0) is 14.4. The number of aromatic nitrogens is 2. The van der Waals surface area contributed by atoms with Crippen molar-refractivity contribution in [3.8, 4) is 5.69 Å². The van der Waals surface area contributed by atoms with E-state index in [0.717, 1.165) is 12.6 Å². The van der Waals surface area contributed by atoms with Crippen LogP contribution in [0, 0.1) is 13.8 Å². The van der Waals surface area contributed by atoms with Crippen LogP contribution in [-0.4, -0.2) is 15.8 Å². The number of aryl methyl sites for hydroxylation is 2. The molecule has 2 aliphatic rings. The molecule has 1 aromatic carbocycles. The molecule has 3 heteroatoms. The first-order valence-corrected chi connectivity index (χ1v) is 8.10. The van der Waals surface area contributed by atoms with Gasteiger partial charge in [-0.05, 0) is 51.2 Å². The van der Waals surface area contributed by atoms with E-state index in [9.17, 15) is 0 Å². The molecule has 0 aliphatic heterocycles. The van der Waals surface area contributed by atoms with Crippen molar-refractivity contribution < 1.29 is 0 Å². The van der Waals surface area contributed by atoms with Gasteiger partial charge in [-0.15, -0.1) is 0 Å². The molecule has 1 aromatic heterocycles. The first-order valence-electron chi connectivity index (χ1n) is 8.10. The highest BCUT2D eigenvalue weighted by atomic mass is 15.3. The molecule has 0 unspecified atom stereocenters. The highest BCUT2D eigenvalue weighted by Crippen LogP contribution is 2.42. The van der Waals surface area contributed by atoms with Crippen LogP contribution < -0.4 is 5.32 Å². The molecule has 2 saturated carbocycles. The summed E-state index contributed by atoms with van der Waals surface area (Å²) in [4.78, 5) is 0. The van der Waals surface area contributed by atoms with Crippen LogP contribution in [0.3, 0.4) is 0 Å². The van der Waals surface area contributed by atoms with E-state index in [-0.39, 0.29) is 0 Å². The normalized spacial score (nSPS) is 18.2. The minimum Gasteiger partial charge on any atom is -0.310 e. The topological polar surface area (TPSA) is 29.9 Å². The maximum atomic E-state index is 4.71. The third-order valence-electron chi connectivity index (χ3n) is 4.59. The lowest BCUT2D eigenvalue weighted by atomic mass is 10.1. The molecule has 0 atom stereocenters. The minimum atomic E-state index is 0.712. The molecule has 0 saturated heterocycles. The van der Waals surface area contributed by atoms with Gasteiger partial charge >= 0.3 is 0 Å². The van der Waals surface area contributed by atoms with Crippen LogP contribution >= 0.6 is 0 Å². The van der Waals surface area contributed by atoms with Gasteiger partial charge in [0.2, 0.25) is 0 Å². The SMILES string of the molecule is Cc1ccc(-n2ncc(CNC3CC3)c2C2CC2)c(C)c1. The van der Waals surface area contributed by atoms with Crippen molar-refractivity contribution >= 4 is 0 Å². The van der Waals surface area contributed by atoms with Gasteiger partial charge in [-0.1, -0.05) is 17.7 Å². The molecule has 1 N–H and O–H groups in total. The Labute approximate surface area is 126 Å². The second-order valence-corrected chi connectivity index (χ2v) is 6.69. The molecule has 21 heavy (non-hydrogen) atoms. The summed E-state index contributed by atoms with van der Waals surface area (Å²) in [6.07, 6.45) is 7.37. The molecule has 110 valence electrons. The van der Waals surface area contributed by atoms with Crippen molar-refractivity contribution in [3.63, 3.8) is 0 Å². The van der Waals surface area contributed by atoms with E-state index in [1.807, 2.05) is 0 Å². The minimum absolute atomic E-state index is 0.712. The Bertz CT molecular complexity index is 663. The largest absolute Gasteiger partial charge is 0.310 e. The highest BCUT2D eigenvalue weighted by Gasteiger charge is 2.31. The highest BCUT2D eigenvalue weighted by molar-refractivity contribution is 5.45. The average molecular weight is 281 g/mol. The number of nitrogens with one attached hydrogen (secondary N) is 1. The van der Waals surface area contributed by atoms with Gasteiger partial charge in [0.15, 0.2) is 0 Å². The fraction of sp³-hybridized carbons (Fsp3) is 0.500. The van der Waals surface area contributed by atoms with E-state index in [4.69, 9.17) is 5.10 Å². The Morgan fingerprint density at radius 3 is 2.67 bits per heavy atom. The zero-order valence-corrected chi connectivity index (χ0v) is 12.9. The van der Waals surface area contributed by atoms with Gasteiger partial charge in [-0.3, -0.25) is 0 Å². The van der Waals surface area contributed by atoms with E-state index in [0.29, 0.717) is 5.92 Å². The van der Waals surface area contributed by atoms with Gasteiger partial charge in [-0.25, -0.2) is 4.68 Å². The smallest absolute Gasteiger partial charge is 0.0678 e. The average Bonchev–Trinajstić information content (AvgIpc) is 3.37. The van der Waals surface area contributed by atoms with Crippen LogP contribution in [0.4, 0.5) is 0 Å². The zero-order valence-electron chi connectivity index (χ0n) is 12.9. The van der Waals surface area contributed by atoms with Crippen molar-refractivity contribution in [1.82, 2.24) is 15.1 Å². The Balaban J connectivity index is 1.70. The molecular formula is C18H23N3. The van der Waals surface area contributed by atoms with E-state index in [1.165, 1.54) is 53.8 Å². The van der Waals surface area contributed by atoms with Crippen molar-refractivity contribution in [3.05, 3.63) is 46.8 Å². The van der Waals surface area contributed by atoms with Crippen LogP contribution in [0.1, 0.15) is 54.0 Å². The molecule has 2 aromatic rings. The summed E-state index contributed by atoms with van der Waals surface area (Å²) in [6.45, 7) is 5.30. The number of benzene rings is 1. The molecule has 0 radical (unpaired) electrons. The van der Waals surface area contributed by atoms with Gasteiger partial charge in [0.1, 0.15) is 0 Å². The van der Waals surface area contributed by atoms with Crippen molar-refractivity contribution in [2.75, 3.05) is 0 Å². The summed E-state index contributed by atoms with van der Waals surface area (Å²) in [7, 11) is 0. The summed E-state index contributed by atoms with van der Waals surface area (Å²) in [5.74, 6) is 0.712.